The molecule has 0 unspecified atom stereocenters. The fraction of sp³-hybridized carbons (Fsp3) is 0.440. The second-order valence-electron chi connectivity index (χ2n) is 9.39. The summed E-state index contributed by atoms with van der Waals surface area (Å²) in [5.41, 5.74) is 0.211. The van der Waals surface area contributed by atoms with E-state index in [0.717, 1.165) is 11.3 Å². The molecule has 0 saturated carbocycles. The van der Waals surface area contributed by atoms with Gasteiger partial charge in [-0.05, 0) is 31.0 Å². The third kappa shape index (κ3) is 7.04. The number of rotatable bonds is 8. The zero-order chi connectivity index (χ0) is 26.3. The molecule has 2 rings (SSSR count). The number of hydrogen-bond acceptors (Lipinski definition) is 7. The highest BCUT2D eigenvalue weighted by Gasteiger charge is 2.22. The monoisotopic (exact) mass is 499 g/mol. The van der Waals surface area contributed by atoms with Crippen LogP contribution in [0.25, 0.3) is 11.8 Å². The van der Waals surface area contributed by atoms with E-state index in [-0.39, 0.29) is 40.8 Å². The largest absolute Gasteiger partial charge is 0.394 e. The van der Waals surface area contributed by atoms with Crippen molar-refractivity contribution >= 4 is 46.3 Å². The molecule has 1 heterocycles. The van der Waals surface area contributed by atoms with E-state index in [9.17, 15) is 24.8 Å². The molecular weight excluding hydrogens is 466 g/mol. The molecule has 2 amide bonds. The second-order valence-corrected chi connectivity index (χ2v) is 10.4. The van der Waals surface area contributed by atoms with Crippen LogP contribution >= 0.6 is 11.3 Å². The van der Waals surface area contributed by atoms with Crippen molar-refractivity contribution < 1.29 is 14.7 Å². The Morgan fingerprint density at radius 2 is 1.91 bits per heavy atom. The van der Waals surface area contributed by atoms with Crippen molar-refractivity contribution in [3.8, 4) is 6.07 Å². The third-order valence-corrected chi connectivity index (χ3v) is 6.40. The second kappa shape index (κ2) is 11.8. The number of hydrogen-bond donors (Lipinski definition) is 4. The van der Waals surface area contributed by atoms with Crippen LogP contribution in [0, 0.1) is 22.7 Å². The van der Waals surface area contributed by atoms with Gasteiger partial charge in [-0.3, -0.25) is 19.0 Å². The number of carbonyl (C=O) groups is 2. The minimum Gasteiger partial charge on any atom is -0.394 e. The Morgan fingerprint density at radius 3 is 2.46 bits per heavy atom. The number of aromatic nitrogens is 1. The van der Waals surface area contributed by atoms with Crippen LogP contribution in [0.15, 0.2) is 29.1 Å². The first kappa shape index (κ1) is 27.8. The van der Waals surface area contributed by atoms with Crippen LogP contribution in [0.5, 0.6) is 0 Å². The zero-order valence-corrected chi connectivity index (χ0v) is 21.7. The lowest BCUT2D eigenvalue weighted by Gasteiger charge is -2.19. The molecular formula is C25H33N5O4S. The molecule has 9 nitrogen and oxygen atoms in total. The van der Waals surface area contributed by atoms with Gasteiger partial charge in [-0.15, -0.1) is 11.3 Å². The van der Waals surface area contributed by atoms with E-state index in [4.69, 9.17) is 0 Å². The first-order valence-electron chi connectivity index (χ1n) is 11.4. The van der Waals surface area contributed by atoms with Gasteiger partial charge in [0.1, 0.15) is 15.3 Å². The molecule has 1 aromatic heterocycles. The maximum atomic E-state index is 12.9. The topological polar surface area (TPSA) is 136 Å². The molecule has 10 heteroatoms. The van der Waals surface area contributed by atoms with Gasteiger partial charge in [0.05, 0.1) is 12.6 Å². The quantitative estimate of drug-likeness (QED) is 0.435. The fourth-order valence-corrected chi connectivity index (χ4v) is 4.09. The van der Waals surface area contributed by atoms with Crippen LogP contribution in [0.3, 0.4) is 0 Å². The zero-order valence-electron chi connectivity index (χ0n) is 20.9. The number of aliphatic hydroxyl groups excluding tert-OH is 1. The minimum absolute atomic E-state index is 0.0300. The number of carbonyl (C=O) groups excluding carboxylic acids is 2. The van der Waals surface area contributed by atoms with Gasteiger partial charge in [-0.25, -0.2) is 0 Å². The first-order chi connectivity index (χ1) is 16.4. The highest BCUT2D eigenvalue weighted by molar-refractivity contribution is 7.07. The maximum Gasteiger partial charge on any atom is 0.270 e. The number of thiazole rings is 1. The highest BCUT2D eigenvalue weighted by Crippen LogP contribution is 2.20. The molecule has 0 spiro atoms. The smallest absolute Gasteiger partial charge is 0.270 e. The molecule has 188 valence electrons. The Labute approximate surface area is 208 Å². The molecule has 0 aliphatic carbocycles. The van der Waals surface area contributed by atoms with Crippen molar-refractivity contribution in [2.24, 2.45) is 11.3 Å². The van der Waals surface area contributed by atoms with Gasteiger partial charge in [0.25, 0.3) is 11.5 Å². The van der Waals surface area contributed by atoms with Crippen LogP contribution in [0.1, 0.15) is 41.5 Å². The first-order valence-corrected chi connectivity index (χ1v) is 12.2. The van der Waals surface area contributed by atoms with E-state index < -0.39 is 17.4 Å². The number of nitrogens with zero attached hydrogens (tertiary/aromatic N) is 2. The summed E-state index contributed by atoms with van der Waals surface area (Å²) in [4.78, 5) is 38.0. The number of nitrogens with one attached hydrogen (secondary N) is 3. The normalized spacial score (nSPS) is 13.7. The predicted octanol–water partition coefficient (Wildman–Crippen LogP) is 1.57. The van der Waals surface area contributed by atoms with Crippen LogP contribution in [0.2, 0.25) is 0 Å². The van der Waals surface area contributed by atoms with Gasteiger partial charge in [0.2, 0.25) is 5.91 Å². The van der Waals surface area contributed by atoms with Crippen molar-refractivity contribution in [2.75, 3.05) is 17.2 Å². The highest BCUT2D eigenvalue weighted by atomic mass is 32.1. The molecule has 0 aliphatic rings. The minimum atomic E-state index is -0.634. The van der Waals surface area contributed by atoms with Gasteiger partial charge in [0, 0.05) is 29.5 Å². The molecule has 0 fully saturated rings. The van der Waals surface area contributed by atoms with E-state index >= 15 is 0 Å². The summed E-state index contributed by atoms with van der Waals surface area (Å²) in [6.07, 6.45) is 1.52. The number of benzene rings is 1. The Balaban J connectivity index is 2.43. The molecule has 1 atom stereocenters. The van der Waals surface area contributed by atoms with E-state index in [2.05, 4.69) is 16.0 Å². The van der Waals surface area contributed by atoms with Crippen molar-refractivity contribution in [3.63, 3.8) is 0 Å². The average Bonchev–Trinajstić information content (AvgIpc) is 3.10. The number of nitriles is 1. The van der Waals surface area contributed by atoms with E-state index in [0.29, 0.717) is 15.9 Å². The van der Waals surface area contributed by atoms with Crippen LogP contribution in [0.4, 0.5) is 11.4 Å². The Kier molecular flexibility index (Phi) is 9.40. The lowest BCUT2D eigenvalue weighted by molar-refractivity contribution is -0.123. The van der Waals surface area contributed by atoms with Crippen molar-refractivity contribution in [3.05, 3.63) is 43.8 Å². The predicted molar refractivity (Wildman–Crippen MR) is 139 cm³/mol. The molecule has 0 radical (unpaired) electrons. The van der Waals surface area contributed by atoms with Gasteiger partial charge >= 0.3 is 0 Å². The molecule has 35 heavy (non-hydrogen) atoms. The Morgan fingerprint density at radius 1 is 1.26 bits per heavy atom. The van der Waals surface area contributed by atoms with Gasteiger partial charge in [0.15, 0.2) is 5.57 Å². The molecule has 0 aliphatic heterocycles. The van der Waals surface area contributed by atoms with Gasteiger partial charge in [-0.2, -0.15) is 5.26 Å². The maximum absolute atomic E-state index is 12.9. The van der Waals surface area contributed by atoms with Crippen LogP contribution in [-0.4, -0.2) is 34.1 Å². The van der Waals surface area contributed by atoms with Crippen molar-refractivity contribution in [1.29, 1.82) is 5.26 Å². The summed E-state index contributed by atoms with van der Waals surface area (Å²) in [5.74, 6) is -0.783. The summed E-state index contributed by atoms with van der Waals surface area (Å²) in [6, 6.07) is 8.48. The Hall–Kier alpha value is -3.42. The Bertz CT molecular complexity index is 1290. The van der Waals surface area contributed by atoms with Crippen molar-refractivity contribution in [2.45, 2.75) is 54.1 Å². The summed E-state index contributed by atoms with van der Waals surface area (Å²) < 4.78 is 1.94. The molecule has 0 bridgehead atoms. The lowest BCUT2D eigenvalue weighted by Crippen LogP contribution is -2.43. The summed E-state index contributed by atoms with van der Waals surface area (Å²) in [5, 5.41) is 27.8. The molecule has 2 aromatic rings. The van der Waals surface area contributed by atoms with Gasteiger partial charge in [-0.1, -0.05) is 40.7 Å². The average molecular weight is 500 g/mol. The molecule has 1 aromatic carbocycles. The van der Waals surface area contributed by atoms with E-state index in [1.165, 1.54) is 10.8 Å². The van der Waals surface area contributed by atoms with Crippen LogP contribution in [-0.2, 0) is 16.1 Å². The van der Waals surface area contributed by atoms with Crippen molar-refractivity contribution in [1.82, 2.24) is 9.88 Å². The fourth-order valence-electron chi connectivity index (χ4n) is 3.01. The number of aliphatic hydroxyl groups is 1. The lowest BCUT2D eigenvalue weighted by atomic mass is 9.95. The summed E-state index contributed by atoms with van der Waals surface area (Å²) in [7, 11) is 0. The molecule has 0 saturated heterocycles. The number of anilines is 2. The van der Waals surface area contributed by atoms with Gasteiger partial charge < -0.3 is 21.1 Å². The standard InChI is InChI=1S/C25H33N5O4S/c1-7-30-22(33)20(35-23(30)18(12-26)21(32)29-19(14-31)15(2)3)13-27-16-9-8-10-17(11-16)28-24(34)25(4,5)6/h8-11,13,15,19,27,31H,7,14H2,1-6H3,(H,28,34)(H,29,32)/b20-13+,23-18-/t19-/m1/s1. The molecule has 4 N–H and O–H groups in total. The SMILES string of the molecule is CCn1c(=O)/c(=C\Nc2cccc(NC(=O)C(C)(C)C)c2)s/c1=C(/C#N)C(=O)N[C@H](CO)C(C)C. The van der Waals surface area contributed by atoms with Crippen LogP contribution < -0.4 is 30.7 Å². The number of amides is 2. The summed E-state index contributed by atoms with van der Waals surface area (Å²) >= 11 is 1.03. The van der Waals surface area contributed by atoms with E-state index in [1.807, 2.05) is 40.7 Å². The van der Waals surface area contributed by atoms with E-state index in [1.54, 1.807) is 31.2 Å². The third-order valence-electron chi connectivity index (χ3n) is 5.27. The summed E-state index contributed by atoms with van der Waals surface area (Å²) in [6.45, 7) is 10.9.